The topological polar surface area (TPSA) is 41.5 Å². The monoisotopic (exact) mass is 270 g/mol. The maximum absolute atomic E-state index is 11.2. The lowest BCUT2D eigenvalue weighted by molar-refractivity contribution is 0.0959. The first-order chi connectivity index (χ1) is 6.49. The molecule has 1 heterocycles. The van der Waals surface area contributed by atoms with Crippen molar-refractivity contribution in [2.75, 3.05) is 0 Å². The van der Waals surface area contributed by atoms with Gasteiger partial charge < -0.3 is 0 Å². The van der Waals surface area contributed by atoms with E-state index in [0.29, 0.717) is 4.88 Å². The predicted octanol–water partition coefficient (Wildman–Crippen LogP) is 2.83. The average Bonchev–Trinajstić information content (AvgIpc) is 2.53. The fraction of sp³-hybridized carbons (Fsp3) is 0.143. The molecule has 0 aliphatic carbocycles. The zero-order valence-electron chi connectivity index (χ0n) is 6.71. The number of carbonyl (C=O) groups excluding carboxylic acids is 1. The van der Waals surface area contributed by atoms with Gasteiger partial charge in [0, 0.05) is 0 Å². The third-order valence-corrected chi connectivity index (χ3v) is 2.28. The largest absolute Gasteiger partial charge is 0.281 e. The fourth-order valence-electron chi connectivity index (χ4n) is 0.627. The Kier molecular flexibility index (Phi) is 4.19. The highest BCUT2D eigenvalue weighted by molar-refractivity contribution is 7.12. The van der Waals surface area contributed by atoms with Gasteiger partial charge >= 0.3 is 0 Å². The molecule has 1 aromatic rings. The van der Waals surface area contributed by atoms with Gasteiger partial charge in [-0.05, 0) is 11.4 Å². The summed E-state index contributed by atoms with van der Waals surface area (Å²) < 4.78 is -1.59. The Hall–Kier alpha value is -0.290. The minimum Gasteiger partial charge on any atom is -0.266 e. The molecule has 1 amide bonds. The van der Waals surface area contributed by atoms with Crippen molar-refractivity contribution in [3.05, 3.63) is 22.4 Å². The summed E-state index contributed by atoms with van der Waals surface area (Å²) in [6, 6.07) is 3.43. The number of hydrazone groups is 1. The van der Waals surface area contributed by atoms with Gasteiger partial charge in [-0.3, -0.25) is 4.79 Å². The van der Waals surface area contributed by atoms with Crippen LogP contribution in [0, 0.1) is 0 Å². The van der Waals surface area contributed by atoms with E-state index in [1.165, 1.54) is 11.3 Å². The van der Waals surface area contributed by atoms with Crippen molar-refractivity contribution in [1.82, 2.24) is 5.43 Å². The van der Waals surface area contributed by atoms with Gasteiger partial charge in [0.25, 0.3) is 5.91 Å². The van der Waals surface area contributed by atoms with Crippen LogP contribution in [0.15, 0.2) is 22.6 Å². The Morgan fingerprint density at radius 2 is 2.29 bits per heavy atom. The molecule has 1 aromatic heterocycles. The first-order valence-corrected chi connectivity index (χ1v) is 5.45. The number of hydrogen-bond acceptors (Lipinski definition) is 3. The van der Waals surface area contributed by atoms with Crippen molar-refractivity contribution < 1.29 is 4.79 Å². The SMILES string of the molecule is O=C(N/N=C/C(Cl)(Cl)Cl)c1cccs1. The highest BCUT2D eigenvalue weighted by atomic mass is 35.6. The third-order valence-electron chi connectivity index (χ3n) is 1.12. The van der Waals surface area contributed by atoms with Gasteiger partial charge in [0.05, 0.1) is 11.1 Å². The van der Waals surface area contributed by atoms with E-state index < -0.39 is 3.79 Å². The molecule has 3 nitrogen and oxygen atoms in total. The van der Waals surface area contributed by atoms with Crippen LogP contribution in [0.1, 0.15) is 9.67 Å². The molecule has 0 fully saturated rings. The molecule has 1 N–H and O–H groups in total. The van der Waals surface area contributed by atoms with Gasteiger partial charge in [-0.25, -0.2) is 5.43 Å². The molecular formula is C7H5Cl3N2OS. The lowest BCUT2D eigenvalue weighted by Gasteiger charge is -2.01. The lowest BCUT2D eigenvalue weighted by Crippen LogP contribution is -2.18. The summed E-state index contributed by atoms with van der Waals surface area (Å²) in [4.78, 5) is 11.8. The average molecular weight is 272 g/mol. The van der Waals surface area contributed by atoms with Gasteiger partial charge in [0.15, 0.2) is 0 Å². The van der Waals surface area contributed by atoms with E-state index in [-0.39, 0.29) is 5.91 Å². The number of nitrogens with zero attached hydrogens (tertiary/aromatic N) is 1. The molecule has 7 heteroatoms. The normalized spacial score (nSPS) is 11.9. The van der Waals surface area contributed by atoms with Crippen LogP contribution in [0.4, 0.5) is 0 Å². The van der Waals surface area contributed by atoms with E-state index in [2.05, 4.69) is 10.5 Å². The van der Waals surface area contributed by atoms with Gasteiger partial charge in [-0.1, -0.05) is 40.9 Å². The van der Waals surface area contributed by atoms with Crippen molar-refractivity contribution in [3.63, 3.8) is 0 Å². The first-order valence-electron chi connectivity index (χ1n) is 3.44. The van der Waals surface area contributed by atoms with E-state index in [1.807, 2.05) is 0 Å². The molecule has 0 unspecified atom stereocenters. The van der Waals surface area contributed by atoms with Crippen LogP contribution in [0.3, 0.4) is 0 Å². The summed E-state index contributed by atoms with van der Waals surface area (Å²) in [5.41, 5.74) is 2.23. The van der Waals surface area contributed by atoms with Crippen LogP contribution in [0.2, 0.25) is 0 Å². The third kappa shape index (κ3) is 4.28. The molecule has 0 spiro atoms. The number of nitrogens with one attached hydrogen (secondary N) is 1. The van der Waals surface area contributed by atoms with E-state index in [0.717, 1.165) is 6.21 Å². The van der Waals surface area contributed by atoms with E-state index >= 15 is 0 Å². The van der Waals surface area contributed by atoms with E-state index in [9.17, 15) is 4.79 Å². The lowest BCUT2D eigenvalue weighted by atomic mass is 10.5. The Morgan fingerprint density at radius 3 is 2.79 bits per heavy atom. The smallest absolute Gasteiger partial charge is 0.266 e. The zero-order valence-corrected chi connectivity index (χ0v) is 9.79. The Bertz CT molecular complexity index is 331. The number of thiophene rings is 1. The molecule has 0 saturated carbocycles. The van der Waals surface area contributed by atoms with Crippen molar-refractivity contribution in [3.8, 4) is 0 Å². The number of alkyl halides is 3. The van der Waals surface area contributed by atoms with Crippen molar-refractivity contribution in [2.24, 2.45) is 5.10 Å². The first kappa shape index (κ1) is 11.8. The van der Waals surface area contributed by atoms with E-state index in [1.54, 1.807) is 17.5 Å². The Labute approximate surface area is 99.7 Å². The number of halogens is 3. The van der Waals surface area contributed by atoms with Gasteiger partial charge in [0.1, 0.15) is 0 Å². The van der Waals surface area contributed by atoms with Gasteiger partial charge in [-0.2, -0.15) is 5.10 Å². The fourth-order valence-corrected chi connectivity index (χ4v) is 1.39. The minimum atomic E-state index is -1.59. The molecule has 0 aliphatic heterocycles. The maximum atomic E-state index is 11.2. The predicted molar refractivity (Wildman–Crippen MR) is 60.6 cm³/mol. The van der Waals surface area contributed by atoms with Crippen LogP contribution in [0.5, 0.6) is 0 Å². The van der Waals surface area contributed by atoms with Gasteiger partial charge in [0.2, 0.25) is 3.79 Å². The quantitative estimate of drug-likeness (QED) is 0.501. The van der Waals surface area contributed by atoms with Crippen molar-refractivity contribution >= 4 is 58.3 Å². The second-order valence-electron chi connectivity index (χ2n) is 2.22. The van der Waals surface area contributed by atoms with Crippen LogP contribution >= 0.6 is 46.1 Å². The Morgan fingerprint density at radius 1 is 1.57 bits per heavy atom. The second-order valence-corrected chi connectivity index (χ2v) is 5.53. The molecule has 0 radical (unpaired) electrons. The second kappa shape index (κ2) is 4.98. The van der Waals surface area contributed by atoms with Crippen molar-refractivity contribution in [1.29, 1.82) is 0 Å². The molecule has 0 aromatic carbocycles. The van der Waals surface area contributed by atoms with Crippen LogP contribution < -0.4 is 5.43 Å². The Balaban J connectivity index is 2.48. The summed E-state index contributed by atoms with van der Waals surface area (Å²) >= 11 is 17.4. The minimum absolute atomic E-state index is 0.328. The van der Waals surface area contributed by atoms with Crippen molar-refractivity contribution in [2.45, 2.75) is 3.79 Å². The standard InChI is InChI=1S/C7H5Cl3N2OS/c8-7(9,10)4-11-12-6(13)5-2-1-3-14-5/h1-4H,(H,12,13)/b11-4+. The molecule has 0 atom stereocenters. The van der Waals surface area contributed by atoms with Crippen LogP contribution in [-0.4, -0.2) is 15.9 Å². The highest BCUT2D eigenvalue weighted by Gasteiger charge is 2.15. The number of hydrogen-bond donors (Lipinski definition) is 1. The molecule has 0 bridgehead atoms. The molecule has 0 aliphatic rings. The summed E-state index contributed by atoms with van der Waals surface area (Å²) in [5.74, 6) is -0.328. The number of rotatable bonds is 2. The molecule has 76 valence electrons. The summed E-state index contributed by atoms with van der Waals surface area (Å²) in [5, 5.41) is 5.27. The van der Waals surface area contributed by atoms with E-state index in [4.69, 9.17) is 34.8 Å². The maximum Gasteiger partial charge on any atom is 0.281 e. The highest BCUT2D eigenvalue weighted by Crippen LogP contribution is 2.22. The molecule has 14 heavy (non-hydrogen) atoms. The molecule has 1 rings (SSSR count). The number of carbonyl (C=O) groups is 1. The summed E-state index contributed by atoms with van der Waals surface area (Å²) in [6.45, 7) is 0. The van der Waals surface area contributed by atoms with Gasteiger partial charge in [-0.15, -0.1) is 11.3 Å². The number of amides is 1. The molecule has 0 saturated heterocycles. The molecular weight excluding hydrogens is 267 g/mol. The van der Waals surface area contributed by atoms with Crippen LogP contribution in [0.25, 0.3) is 0 Å². The van der Waals surface area contributed by atoms with Crippen LogP contribution in [-0.2, 0) is 0 Å². The summed E-state index contributed by atoms with van der Waals surface area (Å²) in [7, 11) is 0. The zero-order chi connectivity index (χ0) is 10.6. The summed E-state index contributed by atoms with van der Waals surface area (Å²) in [6.07, 6.45) is 1.02.